The van der Waals surface area contributed by atoms with Crippen molar-refractivity contribution in [2.45, 2.75) is 33.2 Å². The number of amides is 1. The molecule has 4 nitrogen and oxygen atoms in total. The van der Waals surface area contributed by atoms with Crippen LogP contribution in [0.4, 0.5) is 0 Å². The van der Waals surface area contributed by atoms with Gasteiger partial charge in [-0.15, -0.1) is 11.3 Å². The number of aromatic nitrogens is 1. The molecule has 21 heavy (non-hydrogen) atoms. The summed E-state index contributed by atoms with van der Waals surface area (Å²) in [6, 6.07) is 7.11. The molecule has 0 aliphatic rings. The fourth-order valence-corrected chi connectivity index (χ4v) is 3.08. The van der Waals surface area contributed by atoms with Gasteiger partial charge in [0.25, 0.3) is 0 Å². The number of nitrogens with one attached hydrogen (secondary N) is 1. The number of hydrogen-bond donors (Lipinski definition) is 2. The number of carbonyl (C=O) groups excluding carboxylic acids is 1. The SMILES string of the molecule is Cc1ccc(C(N)C(=O)NCCc2sc(C)nc2C)cc1. The van der Waals surface area contributed by atoms with Crippen LogP contribution in [0.25, 0.3) is 0 Å². The number of benzene rings is 1. The van der Waals surface area contributed by atoms with Gasteiger partial charge < -0.3 is 11.1 Å². The molecule has 5 heteroatoms. The molecule has 0 aliphatic carbocycles. The van der Waals surface area contributed by atoms with E-state index in [4.69, 9.17) is 5.73 Å². The highest BCUT2D eigenvalue weighted by molar-refractivity contribution is 7.11. The monoisotopic (exact) mass is 303 g/mol. The van der Waals surface area contributed by atoms with E-state index >= 15 is 0 Å². The zero-order chi connectivity index (χ0) is 15.4. The van der Waals surface area contributed by atoms with Crippen LogP contribution >= 0.6 is 11.3 Å². The van der Waals surface area contributed by atoms with Gasteiger partial charge in [-0.1, -0.05) is 29.8 Å². The number of aryl methyl sites for hydroxylation is 3. The quantitative estimate of drug-likeness (QED) is 0.891. The van der Waals surface area contributed by atoms with E-state index in [2.05, 4.69) is 10.3 Å². The van der Waals surface area contributed by atoms with Crippen molar-refractivity contribution >= 4 is 17.2 Å². The Morgan fingerprint density at radius 2 is 1.95 bits per heavy atom. The molecule has 0 fully saturated rings. The Hall–Kier alpha value is -1.72. The predicted octanol–water partition coefficient (Wildman–Crippen LogP) is 2.43. The summed E-state index contributed by atoms with van der Waals surface area (Å²) in [5, 5.41) is 3.96. The third kappa shape index (κ3) is 4.12. The largest absolute Gasteiger partial charge is 0.354 e. The molecular formula is C16H21N3OS. The van der Waals surface area contributed by atoms with Gasteiger partial charge in [0.05, 0.1) is 10.7 Å². The molecule has 1 atom stereocenters. The molecule has 2 aromatic rings. The third-order valence-electron chi connectivity index (χ3n) is 3.37. The predicted molar refractivity (Wildman–Crippen MR) is 86.4 cm³/mol. The van der Waals surface area contributed by atoms with E-state index in [0.717, 1.165) is 28.2 Å². The summed E-state index contributed by atoms with van der Waals surface area (Å²) < 4.78 is 0. The van der Waals surface area contributed by atoms with Gasteiger partial charge in [0.2, 0.25) is 5.91 Å². The summed E-state index contributed by atoms with van der Waals surface area (Å²) in [5.41, 5.74) is 9.02. The van der Waals surface area contributed by atoms with Gasteiger partial charge in [-0.25, -0.2) is 4.98 Å². The lowest BCUT2D eigenvalue weighted by Crippen LogP contribution is -2.35. The van der Waals surface area contributed by atoms with Gasteiger partial charge in [-0.3, -0.25) is 4.79 Å². The van der Waals surface area contributed by atoms with Gasteiger partial charge >= 0.3 is 0 Å². The molecule has 0 aliphatic heterocycles. The van der Waals surface area contributed by atoms with E-state index < -0.39 is 6.04 Å². The van der Waals surface area contributed by atoms with Crippen LogP contribution in [0.5, 0.6) is 0 Å². The standard InChI is InChI=1S/C16H21N3OS/c1-10-4-6-13(7-5-10)15(17)16(20)18-9-8-14-11(2)19-12(3)21-14/h4-7,15H,8-9,17H2,1-3H3,(H,18,20). The van der Waals surface area contributed by atoms with Crippen molar-refractivity contribution in [3.8, 4) is 0 Å². The maximum atomic E-state index is 12.1. The lowest BCUT2D eigenvalue weighted by Gasteiger charge is -2.12. The molecule has 3 N–H and O–H groups in total. The van der Waals surface area contributed by atoms with Crippen LogP contribution < -0.4 is 11.1 Å². The summed E-state index contributed by atoms with van der Waals surface area (Å²) in [4.78, 5) is 17.7. The Balaban J connectivity index is 1.86. The van der Waals surface area contributed by atoms with Gasteiger partial charge in [0, 0.05) is 17.8 Å². The van der Waals surface area contributed by atoms with E-state index in [1.54, 1.807) is 11.3 Å². The van der Waals surface area contributed by atoms with Gasteiger partial charge in [-0.2, -0.15) is 0 Å². The van der Waals surface area contributed by atoms with Crippen molar-refractivity contribution in [1.82, 2.24) is 10.3 Å². The van der Waals surface area contributed by atoms with Crippen LogP contribution in [-0.4, -0.2) is 17.4 Å². The summed E-state index contributed by atoms with van der Waals surface area (Å²) in [7, 11) is 0. The van der Waals surface area contributed by atoms with E-state index in [1.165, 1.54) is 4.88 Å². The molecule has 112 valence electrons. The summed E-state index contributed by atoms with van der Waals surface area (Å²) in [5.74, 6) is -0.141. The maximum absolute atomic E-state index is 12.1. The van der Waals surface area contributed by atoms with Crippen molar-refractivity contribution in [2.75, 3.05) is 6.54 Å². The fraction of sp³-hybridized carbons (Fsp3) is 0.375. The normalized spacial score (nSPS) is 12.2. The van der Waals surface area contributed by atoms with Crippen molar-refractivity contribution in [1.29, 1.82) is 0 Å². The highest BCUT2D eigenvalue weighted by Crippen LogP contribution is 2.17. The smallest absolute Gasteiger partial charge is 0.241 e. The molecule has 1 amide bonds. The molecule has 0 bridgehead atoms. The molecule has 0 radical (unpaired) electrons. The first-order valence-corrected chi connectivity index (χ1v) is 7.82. The van der Waals surface area contributed by atoms with Gasteiger partial charge in [0.1, 0.15) is 6.04 Å². The highest BCUT2D eigenvalue weighted by atomic mass is 32.1. The van der Waals surface area contributed by atoms with Crippen LogP contribution in [0.3, 0.4) is 0 Å². The summed E-state index contributed by atoms with van der Waals surface area (Å²) in [6.07, 6.45) is 0.795. The zero-order valence-electron chi connectivity index (χ0n) is 12.6. The summed E-state index contributed by atoms with van der Waals surface area (Å²) in [6.45, 7) is 6.58. The Kier molecular flexibility index (Phi) is 5.09. The number of nitrogens with zero attached hydrogens (tertiary/aromatic N) is 1. The van der Waals surface area contributed by atoms with E-state index in [1.807, 2.05) is 45.0 Å². The van der Waals surface area contributed by atoms with Crippen molar-refractivity contribution in [2.24, 2.45) is 5.73 Å². The van der Waals surface area contributed by atoms with Crippen LogP contribution in [-0.2, 0) is 11.2 Å². The van der Waals surface area contributed by atoms with Crippen LogP contribution in [0, 0.1) is 20.8 Å². The Labute approximate surface area is 129 Å². The van der Waals surface area contributed by atoms with Crippen molar-refractivity contribution < 1.29 is 4.79 Å². The zero-order valence-corrected chi connectivity index (χ0v) is 13.5. The molecule has 0 saturated heterocycles. The average molecular weight is 303 g/mol. The first-order chi connectivity index (χ1) is 9.97. The first-order valence-electron chi connectivity index (χ1n) is 7.00. The maximum Gasteiger partial charge on any atom is 0.241 e. The molecule has 1 aromatic heterocycles. The Morgan fingerprint density at radius 3 is 2.52 bits per heavy atom. The molecule has 1 unspecified atom stereocenters. The average Bonchev–Trinajstić information content (AvgIpc) is 2.77. The number of hydrogen-bond acceptors (Lipinski definition) is 4. The number of thiazole rings is 1. The van der Waals surface area contributed by atoms with Gasteiger partial charge in [0.15, 0.2) is 0 Å². The molecular weight excluding hydrogens is 282 g/mol. The van der Waals surface area contributed by atoms with E-state index in [0.29, 0.717) is 6.54 Å². The van der Waals surface area contributed by atoms with E-state index in [-0.39, 0.29) is 5.91 Å². The Morgan fingerprint density at radius 1 is 1.29 bits per heavy atom. The highest BCUT2D eigenvalue weighted by Gasteiger charge is 2.15. The minimum absolute atomic E-state index is 0.141. The second-order valence-corrected chi connectivity index (χ2v) is 6.46. The van der Waals surface area contributed by atoms with Crippen molar-refractivity contribution in [3.05, 3.63) is 51.0 Å². The molecule has 0 saturated carbocycles. The third-order valence-corrected chi connectivity index (χ3v) is 4.50. The number of rotatable bonds is 5. The van der Waals surface area contributed by atoms with Crippen LogP contribution in [0.15, 0.2) is 24.3 Å². The van der Waals surface area contributed by atoms with Crippen molar-refractivity contribution in [3.63, 3.8) is 0 Å². The molecule has 1 aromatic carbocycles. The minimum Gasteiger partial charge on any atom is -0.354 e. The minimum atomic E-state index is -0.616. The first kappa shape index (κ1) is 15.7. The Bertz CT molecular complexity index is 619. The number of carbonyl (C=O) groups is 1. The second kappa shape index (κ2) is 6.83. The van der Waals surface area contributed by atoms with Crippen LogP contribution in [0.1, 0.15) is 32.7 Å². The van der Waals surface area contributed by atoms with Crippen LogP contribution in [0.2, 0.25) is 0 Å². The molecule has 2 rings (SSSR count). The lowest BCUT2D eigenvalue weighted by molar-refractivity contribution is -0.122. The molecule has 0 spiro atoms. The summed E-state index contributed by atoms with van der Waals surface area (Å²) >= 11 is 1.68. The second-order valence-electron chi connectivity index (χ2n) is 5.17. The number of nitrogens with two attached hydrogens (primary N) is 1. The van der Waals surface area contributed by atoms with E-state index in [9.17, 15) is 4.79 Å². The fourth-order valence-electron chi connectivity index (χ4n) is 2.14. The topological polar surface area (TPSA) is 68.0 Å². The van der Waals surface area contributed by atoms with Gasteiger partial charge in [-0.05, 0) is 26.3 Å². The molecule has 1 heterocycles. The lowest BCUT2D eigenvalue weighted by atomic mass is 10.1.